The fourth-order valence-electron chi connectivity index (χ4n) is 7.06. The molecule has 0 saturated heterocycles. The van der Waals surface area contributed by atoms with Gasteiger partial charge in [-0.25, -0.2) is 15.0 Å². The number of benzene rings is 1. The van der Waals surface area contributed by atoms with Gasteiger partial charge in [0.25, 0.3) is 0 Å². The first-order valence-corrected chi connectivity index (χ1v) is 11.6. The second kappa shape index (κ2) is 7.43. The lowest BCUT2D eigenvalue weighted by molar-refractivity contribution is -0.00651. The highest BCUT2D eigenvalue weighted by atomic mass is 16.5. The Balaban J connectivity index is 1.52. The number of nitrogens with zero attached hydrogens (tertiary/aromatic N) is 4. The third-order valence-electron chi connectivity index (χ3n) is 7.93. The van der Waals surface area contributed by atoms with Gasteiger partial charge in [-0.3, -0.25) is 0 Å². The molecule has 7 rings (SSSR count). The van der Waals surface area contributed by atoms with E-state index in [9.17, 15) is 0 Å². The summed E-state index contributed by atoms with van der Waals surface area (Å²) in [6.45, 7) is 0. The van der Waals surface area contributed by atoms with E-state index in [2.05, 4.69) is 9.97 Å². The third-order valence-corrected chi connectivity index (χ3v) is 7.93. The van der Waals surface area contributed by atoms with Gasteiger partial charge >= 0.3 is 0 Å². The highest BCUT2D eigenvalue weighted by Gasteiger charge is 2.53. The van der Waals surface area contributed by atoms with Crippen molar-refractivity contribution in [1.82, 2.24) is 19.9 Å². The Labute approximate surface area is 192 Å². The summed E-state index contributed by atoms with van der Waals surface area (Å²) < 4.78 is 16.5. The Morgan fingerprint density at radius 1 is 0.848 bits per heavy atom. The van der Waals surface area contributed by atoms with Crippen LogP contribution in [0.25, 0.3) is 22.4 Å². The quantitative estimate of drug-likeness (QED) is 0.621. The van der Waals surface area contributed by atoms with Crippen LogP contribution in [-0.4, -0.2) is 41.3 Å². The van der Waals surface area contributed by atoms with Crippen molar-refractivity contribution in [2.75, 3.05) is 27.1 Å². The molecule has 4 saturated carbocycles. The minimum absolute atomic E-state index is 0.0344. The number of ether oxygens (including phenoxy) is 3. The highest BCUT2D eigenvalue weighted by Crippen LogP contribution is 2.61. The Kier molecular flexibility index (Phi) is 4.61. The van der Waals surface area contributed by atoms with Crippen LogP contribution in [0, 0.1) is 17.8 Å². The van der Waals surface area contributed by atoms with Crippen molar-refractivity contribution >= 4 is 17.1 Å². The largest absolute Gasteiger partial charge is 0.493 e. The molecule has 2 heterocycles. The summed E-state index contributed by atoms with van der Waals surface area (Å²) in [5.74, 6) is 4.33. The standard InChI is InChI=1S/C25H29N5O3/c1-31-18-7-16(8-19(32-2)21(18)33-3)17-12-27-23-20(28-17)22(29-24(26)30-23)25-9-13-4-14(10-25)6-15(5-13)11-25/h7-8,12-15H,4-6,9-11H2,1-3H3,(H2,26,27,29,30). The van der Waals surface area contributed by atoms with Gasteiger partial charge in [0.1, 0.15) is 5.52 Å². The van der Waals surface area contributed by atoms with E-state index in [4.69, 9.17) is 29.9 Å². The first kappa shape index (κ1) is 20.4. The molecule has 4 aliphatic carbocycles. The SMILES string of the molecule is COc1cc(-c2cnc3nc(N)nc(C45CC6CC(CC(C6)C4)C5)c3n2)cc(OC)c1OC. The lowest BCUT2D eigenvalue weighted by atomic mass is 9.48. The summed E-state index contributed by atoms with van der Waals surface area (Å²) in [5, 5.41) is 0. The van der Waals surface area contributed by atoms with Gasteiger partial charge in [-0.1, -0.05) is 0 Å². The number of fused-ring (bicyclic) bond motifs is 1. The molecule has 4 aliphatic rings. The summed E-state index contributed by atoms with van der Waals surface area (Å²) >= 11 is 0. The maximum atomic E-state index is 6.16. The average molecular weight is 448 g/mol. The predicted molar refractivity (Wildman–Crippen MR) is 124 cm³/mol. The summed E-state index contributed by atoms with van der Waals surface area (Å²) in [6.07, 6.45) is 9.31. The second-order valence-corrected chi connectivity index (χ2v) is 9.97. The fraction of sp³-hybridized carbons (Fsp3) is 0.520. The van der Waals surface area contributed by atoms with Gasteiger partial charge in [-0.2, -0.15) is 4.98 Å². The first-order valence-electron chi connectivity index (χ1n) is 11.6. The third kappa shape index (κ3) is 3.18. The van der Waals surface area contributed by atoms with E-state index in [1.165, 1.54) is 38.5 Å². The molecule has 33 heavy (non-hydrogen) atoms. The molecule has 0 atom stereocenters. The maximum absolute atomic E-state index is 6.16. The molecule has 4 fully saturated rings. The molecule has 4 bridgehead atoms. The van der Waals surface area contributed by atoms with Gasteiger partial charge in [0.15, 0.2) is 17.1 Å². The van der Waals surface area contributed by atoms with Gasteiger partial charge in [0.05, 0.1) is 38.9 Å². The topological polar surface area (TPSA) is 105 Å². The Hall–Kier alpha value is -3.16. The van der Waals surface area contributed by atoms with E-state index < -0.39 is 0 Å². The maximum Gasteiger partial charge on any atom is 0.222 e. The molecule has 0 spiro atoms. The van der Waals surface area contributed by atoms with Crippen molar-refractivity contribution in [2.24, 2.45) is 17.8 Å². The van der Waals surface area contributed by atoms with E-state index in [0.29, 0.717) is 28.6 Å². The number of nitrogens with two attached hydrogens (primary N) is 1. The van der Waals surface area contributed by atoms with Crippen LogP contribution in [0.1, 0.15) is 44.2 Å². The summed E-state index contributed by atoms with van der Waals surface area (Å²) in [5.41, 5.74) is 10.0. The van der Waals surface area contributed by atoms with Crippen LogP contribution in [0.15, 0.2) is 18.3 Å². The molecular weight excluding hydrogens is 418 g/mol. The molecule has 0 amide bonds. The number of aromatic nitrogens is 4. The molecule has 2 aromatic heterocycles. The molecule has 3 aromatic rings. The van der Waals surface area contributed by atoms with Crippen LogP contribution < -0.4 is 19.9 Å². The first-order chi connectivity index (χ1) is 16.0. The molecular formula is C25H29N5O3. The molecule has 172 valence electrons. The molecule has 0 aliphatic heterocycles. The van der Waals surface area contributed by atoms with E-state index in [1.54, 1.807) is 27.5 Å². The lowest BCUT2D eigenvalue weighted by Gasteiger charge is -2.56. The van der Waals surface area contributed by atoms with Gasteiger partial charge in [0.2, 0.25) is 11.7 Å². The van der Waals surface area contributed by atoms with Gasteiger partial charge < -0.3 is 19.9 Å². The van der Waals surface area contributed by atoms with Gasteiger partial charge in [-0.05, 0) is 68.4 Å². The van der Waals surface area contributed by atoms with E-state index in [1.807, 2.05) is 12.1 Å². The monoisotopic (exact) mass is 447 g/mol. The zero-order chi connectivity index (χ0) is 22.7. The van der Waals surface area contributed by atoms with Crippen molar-refractivity contribution in [2.45, 2.75) is 43.9 Å². The van der Waals surface area contributed by atoms with Crippen molar-refractivity contribution < 1.29 is 14.2 Å². The van der Waals surface area contributed by atoms with Crippen LogP contribution in [-0.2, 0) is 5.41 Å². The van der Waals surface area contributed by atoms with E-state index in [0.717, 1.165) is 34.5 Å². The van der Waals surface area contributed by atoms with Gasteiger partial charge in [-0.15, -0.1) is 0 Å². The number of rotatable bonds is 5. The molecule has 0 radical (unpaired) electrons. The zero-order valence-electron chi connectivity index (χ0n) is 19.3. The van der Waals surface area contributed by atoms with Crippen molar-refractivity contribution in [3.8, 4) is 28.5 Å². The second-order valence-electron chi connectivity index (χ2n) is 9.97. The Bertz CT molecular complexity index is 1180. The minimum atomic E-state index is 0.0344. The minimum Gasteiger partial charge on any atom is -0.493 e. The van der Waals surface area contributed by atoms with Crippen molar-refractivity contribution in [3.63, 3.8) is 0 Å². The number of anilines is 1. The molecule has 8 nitrogen and oxygen atoms in total. The zero-order valence-corrected chi connectivity index (χ0v) is 19.3. The van der Waals surface area contributed by atoms with Crippen LogP contribution in [0.4, 0.5) is 5.95 Å². The molecule has 0 unspecified atom stereocenters. The van der Waals surface area contributed by atoms with Crippen molar-refractivity contribution in [3.05, 3.63) is 24.0 Å². The van der Waals surface area contributed by atoms with E-state index >= 15 is 0 Å². The summed E-state index contributed by atoms with van der Waals surface area (Å²) in [7, 11) is 4.80. The number of hydrogen-bond donors (Lipinski definition) is 1. The molecule has 1 aromatic carbocycles. The normalized spacial score (nSPS) is 27.7. The van der Waals surface area contributed by atoms with E-state index in [-0.39, 0.29) is 11.4 Å². The smallest absolute Gasteiger partial charge is 0.222 e. The average Bonchev–Trinajstić information content (AvgIpc) is 2.81. The van der Waals surface area contributed by atoms with Crippen LogP contribution >= 0.6 is 0 Å². The number of nitrogen functional groups attached to an aromatic ring is 1. The van der Waals surface area contributed by atoms with Crippen LogP contribution in [0.3, 0.4) is 0 Å². The van der Waals surface area contributed by atoms with Gasteiger partial charge in [0, 0.05) is 11.0 Å². The fourth-order valence-corrected chi connectivity index (χ4v) is 7.06. The lowest BCUT2D eigenvalue weighted by Crippen LogP contribution is -2.49. The Morgan fingerprint density at radius 2 is 1.45 bits per heavy atom. The van der Waals surface area contributed by atoms with Crippen LogP contribution in [0.2, 0.25) is 0 Å². The number of methoxy groups -OCH3 is 3. The van der Waals surface area contributed by atoms with Crippen molar-refractivity contribution in [1.29, 1.82) is 0 Å². The van der Waals surface area contributed by atoms with Crippen LogP contribution in [0.5, 0.6) is 17.2 Å². The summed E-state index contributed by atoms with van der Waals surface area (Å²) in [6, 6.07) is 3.78. The highest BCUT2D eigenvalue weighted by molar-refractivity contribution is 5.79. The number of hydrogen-bond acceptors (Lipinski definition) is 8. The summed E-state index contributed by atoms with van der Waals surface area (Å²) in [4.78, 5) is 18.9. The molecule has 8 heteroatoms. The predicted octanol–water partition coefficient (Wildman–Crippen LogP) is 4.16. The molecule has 2 N–H and O–H groups in total. The Morgan fingerprint density at radius 3 is 2.00 bits per heavy atom.